The van der Waals surface area contributed by atoms with E-state index < -0.39 is 0 Å². The molecule has 0 unspecified atom stereocenters. The maximum atomic E-state index is 5.87. The molecule has 134 valence electrons. The molecule has 0 N–H and O–H groups in total. The van der Waals surface area contributed by atoms with E-state index in [1.807, 2.05) is 24.3 Å². The van der Waals surface area contributed by atoms with Crippen molar-refractivity contribution in [3.8, 4) is 0 Å². The Labute approximate surface area is 159 Å². The summed E-state index contributed by atoms with van der Waals surface area (Å²) in [6.07, 6.45) is 5.28. The number of rotatable bonds is 4. The number of benzene rings is 2. The van der Waals surface area contributed by atoms with Gasteiger partial charge >= 0.3 is 0 Å². The van der Waals surface area contributed by atoms with E-state index >= 15 is 0 Å². The van der Waals surface area contributed by atoms with E-state index in [0.717, 1.165) is 10.0 Å². The highest BCUT2D eigenvalue weighted by atomic mass is 35.5. The van der Waals surface area contributed by atoms with Crippen molar-refractivity contribution in [3.05, 3.63) is 69.7 Å². The van der Waals surface area contributed by atoms with Gasteiger partial charge in [-0.1, -0.05) is 108 Å². The topological polar surface area (TPSA) is 0 Å². The van der Waals surface area contributed by atoms with Crippen LogP contribution in [0.25, 0.3) is 0 Å². The minimum Gasteiger partial charge on any atom is -0.0843 e. The van der Waals surface area contributed by atoms with E-state index in [2.05, 4.69) is 58.9 Å². The van der Waals surface area contributed by atoms with Crippen LogP contribution >= 0.6 is 23.2 Å². The Morgan fingerprint density at radius 2 is 0.833 bits per heavy atom. The highest BCUT2D eigenvalue weighted by Gasteiger charge is 2.07. The molecule has 0 saturated carbocycles. The van der Waals surface area contributed by atoms with Gasteiger partial charge in [0.2, 0.25) is 0 Å². The Morgan fingerprint density at radius 3 is 1.04 bits per heavy atom. The van der Waals surface area contributed by atoms with Gasteiger partial charge in [0.15, 0.2) is 0 Å². The first kappa shape index (κ1) is 23.0. The SMILES string of the molecule is CC(c1ccc(Cl)cc1)c1ccc(Cl)cc1.CCCC.CCCC. The third-order valence-corrected chi connectivity index (χ3v) is 4.24. The Hall–Kier alpha value is -0.980. The molecule has 0 atom stereocenters. The lowest BCUT2D eigenvalue weighted by atomic mass is 9.93. The molecule has 0 amide bonds. The average molecular weight is 367 g/mol. The fourth-order valence-corrected chi connectivity index (χ4v) is 1.95. The highest BCUT2D eigenvalue weighted by molar-refractivity contribution is 6.30. The first-order chi connectivity index (χ1) is 11.5. The molecule has 0 spiro atoms. The summed E-state index contributed by atoms with van der Waals surface area (Å²) in [6.45, 7) is 10.9. The van der Waals surface area contributed by atoms with Gasteiger partial charge in [-0.25, -0.2) is 0 Å². The van der Waals surface area contributed by atoms with Crippen molar-refractivity contribution in [3.63, 3.8) is 0 Å². The fraction of sp³-hybridized carbons (Fsp3) is 0.455. The normalized spacial score (nSPS) is 9.67. The third-order valence-electron chi connectivity index (χ3n) is 3.74. The largest absolute Gasteiger partial charge is 0.0843 e. The zero-order valence-corrected chi connectivity index (χ0v) is 17.3. The van der Waals surface area contributed by atoms with Crippen LogP contribution in [-0.4, -0.2) is 0 Å². The van der Waals surface area contributed by atoms with Gasteiger partial charge in [0.1, 0.15) is 0 Å². The molecule has 2 aromatic rings. The molecule has 0 aliphatic heterocycles. The quantitative estimate of drug-likeness (QED) is 0.506. The minimum atomic E-state index is 0.356. The molecule has 0 aromatic heterocycles. The zero-order chi connectivity index (χ0) is 18.4. The van der Waals surface area contributed by atoms with E-state index in [4.69, 9.17) is 23.2 Å². The molecule has 0 bridgehead atoms. The summed E-state index contributed by atoms with van der Waals surface area (Å²) >= 11 is 11.7. The van der Waals surface area contributed by atoms with Gasteiger partial charge in [0, 0.05) is 16.0 Å². The van der Waals surface area contributed by atoms with Crippen molar-refractivity contribution in [2.75, 3.05) is 0 Å². The zero-order valence-electron chi connectivity index (χ0n) is 15.8. The third kappa shape index (κ3) is 10.0. The minimum absolute atomic E-state index is 0.356. The monoisotopic (exact) mass is 366 g/mol. The van der Waals surface area contributed by atoms with Crippen molar-refractivity contribution < 1.29 is 0 Å². The Kier molecular flexibility index (Phi) is 13.8. The second-order valence-corrected chi connectivity index (χ2v) is 6.70. The molecule has 0 saturated heterocycles. The van der Waals surface area contributed by atoms with Crippen LogP contribution in [-0.2, 0) is 0 Å². The molecular formula is C22H32Cl2. The summed E-state index contributed by atoms with van der Waals surface area (Å²) in [5, 5.41) is 1.54. The number of unbranched alkanes of at least 4 members (excludes halogenated alkanes) is 2. The molecule has 0 nitrogen and oxygen atoms in total. The summed E-state index contributed by atoms with van der Waals surface area (Å²) in [5.41, 5.74) is 2.51. The van der Waals surface area contributed by atoms with Gasteiger partial charge in [0.25, 0.3) is 0 Å². The molecule has 0 fully saturated rings. The number of hydrogen-bond donors (Lipinski definition) is 0. The van der Waals surface area contributed by atoms with Crippen molar-refractivity contribution in [2.45, 2.75) is 66.2 Å². The van der Waals surface area contributed by atoms with Crippen LogP contribution in [0, 0.1) is 0 Å². The van der Waals surface area contributed by atoms with Crippen LogP contribution in [0.2, 0.25) is 10.0 Å². The van der Waals surface area contributed by atoms with E-state index in [-0.39, 0.29) is 0 Å². The van der Waals surface area contributed by atoms with Gasteiger partial charge in [-0.3, -0.25) is 0 Å². The summed E-state index contributed by atoms with van der Waals surface area (Å²) in [4.78, 5) is 0. The number of hydrogen-bond acceptors (Lipinski definition) is 0. The van der Waals surface area contributed by atoms with Crippen LogP contribution in [0.1, 0.15) is 77.3 Å². The molecule has 0 aliphatic carbocycles. The average Bonchev–Trinajstić information content (AvgIpc) is 2.63. The highest BCUT2D eigenvalue weighted by Crippen LogP contribution is 2.26. The summed E-state index contributed by atoms with van der Waals surface area (Å²) < 4.78 is 0. The summed E-state index contributed by atoms with van der Waals surface area (Å²) in [6, 6.07) is 15.9. The molecule has 2 rings (SSSR count). The van der Waals surface area contributed by atoms with Crippen LogP contribution in [0.4, 0.5) is 0 Å². The Balaban J connectivity index is 0.000000558. The van der Waals surface area contributed by atoms with Crippen LogP contribution < -0.4 is 0 Å². The van der Waals surface area contributed by atoms with Gasteiger partial charge in [-0.15, -0.1) is 0 Å². The van der Waals surface area contributed by atoms with E-state index in [1.165, 1.54) is 36.8 Å². The van der Waals surface area contributed by atoms with Crippen molar-refractivity contribution in [1.29, 1.82) is 0 Å². The van der Waals surface area contributed by atoms with Crippen molar-refractivity contribution in [1.82, 2.24) is 0 Å². The van der Waals surface area contributed by atoms with Crippen molar-refractivity contribution >= 4 is 23.2 Å². The van der Waals surface area contributed by atoms with Crippen LogP contribution in [0.15, 0.2) is 48.5 Å². The van der Waals surface area contributed by atoms with E-state index in [0.29, 0.717) is 5.92 Å². The molecule has 24 heavy (non-hydrogen) atoms. The summed E-state index contributed by atoms with van der Waals surface area (Å²) in [5.74, 6) is 0.356. The lowest BCUT2D eigenvalue weighted by Gasteiger charge is -2.12. The maximum absolute atomic E-state index is 5.87. The standard InChI is InChI=1S/C14H12Cl2.2C4H10/c1-10(11-2-6-13(15)7-3-11)12-4-8-14(16)9-5-12;2*1-3-4-2/h2-10H,1H3;2*3-4H2,1-2H3. The Bertz CT molecular complexity index is 461. The first-order valence-corrected chi connectivity index (χ1v) is 9.76. The molecule has 2 heteroatoms. The van der Waals surface area contributed by atoms with Gasteiger partial charge < -0.3 is 0 Å². The molecule has 2 aromatic carbocycles. The molecular weight excluding hydrogens is 335 g/mol. The second kappa shape index (κ2) is 14.4. The Morgan fingerprint density at radius 1 is 0.583 bits per heavy atom. The smallest absolute Gasteiger partial charge is 0.0406 e. The van der Waals surface area contributed by atoms with Gasteiger partial charge in [0.05, 0.1) is 0 Å². The molecule has 0 heterocycles. The van der Waals surface area contributed by atoms with Crippen LogP contribution in [0.3, 0.4) is 0 Å². The number of halogens is 2. The lowest BCUT2D eigenvalue weighted by molar-refractivity contribution is 0.886. The fourth-order valence-electron chi connectivity index (χ4n) is 1.70. The first-order valence-electron chi connectivity index (χ1n) is 9.00. The predicted octanol–water partition coefficient (Wildman–Crippen LogP) is 8.76. The van der Waals surface area contributed by atoms with Crippen LogP contribution in [0.5, 0.6) is 0 Å². The maximum Gasteiger partial charge on any atom is 0.0406 e. The lowest BCUT2D eigenvalue weighted by Crippen LogP contribution is -1.95. The van der Waals surface area contributed by atoms with E-state index in [9.17, 15) is 0 Å². The van der Waals surface area contributed by atoms with Gasteiger partial charge in [-0.2, -0.15) is 0 Å². The predicted molar refractivity (Wildman–Crippen MR) is 112 cm³/mol. The molecule has 0 radical (unpaired) electrons. The van der Waals surface area contributed by atoms with Gasteiger partial charge in [-0.05, 0) is 35.4 Å². The second-order valence-electron chi connectivity index (χ2n) is 5.82. The summed E-state index contributed by atoms with van der Waals surface area (Å²) in [7, 11) is 0. The van der Waals surface area contributed by atoms with E-state index in [1.54, 1.807) is 0 Å². The van der Waals surface area contributed by atoms with Crippen molar-refractivity contribution in [2.24, 2.45) is 0 Å². The molecule has 0 aliphatic rings.